The molecule has 1 aromatic heterocycles. The SMILES string of the molecule is COc1ccc(-c2ccc(CCC(=O)[O-])n2NC(N)=S)cc1. The fourth-order valence-electron chi connectivity index (χ4n) is 2.13. The lowest BCUT2D eigenvalue weighted by Gasteiger charge is -2.15. The van der Waals surface area contributed by atoms with Gasteiger partial charge in [-0.15, -0.1) is 0 Å². The van der Waals surface area contributed by atoms with Crippen molar-refractivity contribution >= 4 is 23.3 Å². The number of hydrogen-bond donors (Lipinski definition) is 2. The highest BCUT2D eigenvalue weighted by Gasteiger charge is 2.11. The Hall–Kier alpha value is -2.54. The zero-order valence-corrected chi connectivity index (χ0v) is 12.9. The Labute approximate surface area is 133 Å². The Morgan fingerprint density at radius 3 is 2.55 bits per heavy atom. The van der Waals surface area contributed by atoms with Gasteiger partial charge in [0.05, 0.1) is 12.8 Å². The van der Waals surface area contributed by atoms with Crippen LogP contribution in [0.5, 0.6) is 5.75 Å². The number of thiocarbonyl (C=S) groups is 1. The number of nitrogens with two attached hydrogens (primary N) is 1. The molecule has 7 heteroatoms. The van der Waals surface area contributed by atoms with Gasteiger partial charge in [-0.3, -0.25) is 10.1 Å². The first kappa shape index (κ1) is 15.8. The van der Waals surface area contributed by atoms with Crippen molar-refractivity contribution < 1.29 is 14.6 Å². The number of ether oxygens (including phenoxy) is 1. The van der Waals surface area contributed by atoms with E-state index in [2.05, 4.69) is 5.43 Å². The number of aryl methyl sites for hydroxylation is 1. The molecule has 0 spiro atoms. The Morgan fingerprint density at radius 1 is 1.32 bits per heavy atom. The summed E-state index contributed by atoms with van der Waals surface area (Å²) in [6, 6.07) is 11.2. The molecule has 0 radical (unpaired) electrons. The maximum atomic E-state index is 10.6. The van der Waals surface area contributed by atoms with Gasteiger partial charge in [0.25, 0.3) is 0 Å². The van der Waals surface area contributed by atoms with Crippen LogP contribution in [-0.2, 0) is 11.2 Å². The monoisotopic (exact) mass is 318 g/mol. The second-order valence-corrected chi connectivity index (χ2v) is 5.06. The smallest absolute Gasteiger partial charge is 0.183 e. The molecule has 0 aliphatic heterocycles. The summed E-state index contributed by atoms with van der Waals surface area (Å²) in [5.74, 6) is -0.351. The highest BCUT2D eigenvalue weighted by molar-refractivity contribution is 7.80. The van der Waals surface area contributed by atoms with Gasteiger partial charge in [0, 0.05) is 17.2 Å². The van der Waals surface area contributed by atoms with Crippen molar-refractivity contribution in [2.24, 2.45) is 5.73 Å². The third-order valence-electron chi connectivity index (χ3n) is 3.15. The molecule has 0 saturated carbocycles. The van der Waals surface area contributed by atoms with E-state index in [1.54, 1.807) is 11.8 Å². The molecule has 0 saturated heterocycles. The molecule has 2 rings (SSSR count). The van der Waals surface area contributed by atoms with Crippen LogP contribution in [0.4, 0.5) is 0 Å². The van der Waals surface area contributed by atoms with E-state index >= 15 is 0 Å². The molecule has 1 heterocycles. The fourth-order valence-corrected chi connectivity index (χ4v) is 2.22. The molecule has 0 unspecified atom stereocenters. The van der Waals surface area contributed by atoms with Gasteiger partial charge in [-0.25, -0.2) is 0 Å². The van der Waals surface area contributed by atoms with Gasteiger partial charge in [-0.1, -0.05) is 0 Å². The van der Waals surface area contributed by atoms with E-state index in [9.17, 15) is 9.90 Å². The standard InChI is InChI=1S/C15H17N3O3S/c1-21-12-6-2-10(3-7-12)13-8-4-11(5-9-14(19)20)18(13)17-15(16)22/h2-4,6-8H,5,9H2,1H3,(H,19,20)(H3,16,17,22)/p-1. The topological polar surface area (TPSA) is 92.3 Å². The second kappa shape index (κ2) is 6.95. The lowest BCUT2D eigenvalue weighted by atomic mass is 10.1. The number of carboxylic acids is 1. The van der Waals surface area contributed by atoms with Crippen LogP contribution in [0, 0.1) is 0 Å². The number of rotatable bonds is 6. The molecule has 0 bridgehead atoms. The number of nitrogens with one attached hydrogen (secondary N) is 1. The minimum absolute atomic E-state index is 0.0783. The molecule has 22 heavy (non-hydrogen) atoms. The number of benzene rings is 1. The highest BCUT2D eigenvalue weighted by Crippen LogP contribution is 2.24. The number of aromatic nitrogens is 1. The van der Waals surface area contributed by atoms with Crippen LogP contribution < -0.4 is 21.0 Å². The summed E-state index contributed by atoms with van der Waals surface area (Å²) in [6.07, 6.45) is 0.235. The summed E-state index contributed by atoms with van der Waals surface area (Å²) in [5.41, 5.74) is 10.9. The lowest BCUT2D eigenvalue weighted by molar-refractivity contribution is -0.305. The van der Waals surface area contributed by atoms with Gasteiger partial charge < -0.3 is 20.4 Å². The molecular formula is C15H16N3O3S-. The molecule has 0 aliphatic carbocycles. The second-order valence-electron chi connectivity index (χ2n) is 4.62. The first-order chi connectivity index (χ1) is 10.5. The number of nitrogens with zero attached hydrogens (tertiary/aromatic N) is 1. The highest BCUT2D eigenvalue weighted by atomic mass is 32.1. The van der Waals surface area contributed by atoms with Crippen molar-refractivity contribution in [1.29, 1.82) is 0 Å². The molecule has 0 atom stereocenters. The largest absolute Gasteiger partial charge is 0.550 e. The van der Waals surface area contributed by atoms with Crippen LogP contribution in [-0.4, -0.2) is 22.9 Å². The average molecular weight is 318 g/mol. The summed E-state index contributed by atoms with van der Waals surface area (Å²) in [4.78, 5) is 10.6. The van der Waals surface area contributed by atoms with Gasteiger partial charge in [0.15, 0.2) is 5.11 Å². The number of methoxy groups -OCH3 is 1. The Kier molecular flexibility index (Phi) is 5.00. The van der Waals surface area contributed by atoms with Crippen molar-refractivity contribution in [3.8, 4) is 17.0 Å². The summed E-state index contributed by atoms with van der Waals surface area (Å²) in [7, 11) is 1.60. The minimum atomic E-state index is -1.10. The van der Waals surface area contributed by atoms with Crippen LogP contribution >= 0.6 is 12.2 Å². The number of carbonyl (C=O) groups is 1. The van der Waals surface area contributed by atoms with Gasteiger partial charge in [-0.05, 0) is 61.5 Å². The van der Waals surface area contributed by atoms with Crippen LogP contribution in [0.3, 0.4) is 0 Å². The maximum Gasteiger partial charge on any atom is 0.183 e. The van der Waals surface area contributed by atoms with E-state index in [1.807, 2.05) is 36.4 Å². The van der Waals surface area contributed by atoms with E-state index in [4.69, 9.17) is 22.7 Å². The zero-order chi connectivity index (χ0) is 16.1. The van der Waals surface area contributed by atoms with Crippen LogP contribution in [0.1, 0.15) is 12.1 Å². The van der Waals surface area contributed by atoms with E-state index in [1.165, 1.54) is 0 Å². The first-order valence-electron chi connectivity index (χ1n) is 6.62. The van der Waals surface area contributed by atoms with Crippen LogP contribution in [0.25, 0.3) is 11.3 Å². The molecule has 1 aromatic carbocycles. The lowest BCUT2D eigenvalue weighted by Crippen LogP contribution is -2.30. The molecule has 2 aromatic rings. The normalized spacial score (nSPS) is 10.2. The summed E-state index contributed by atoms with van der Waals surface area (Å²) in [6.45, 7) is 0. The van der Waals surface area contributed by atoms with Crippen molar-refractivity contribution in [2.45, 2.75) is 12.8 Å². The van der Waals surface area contributed by atoms with E-state index in [0.29, 0.717) is 6.42 Å². The van der Waals surface area contributed by atoms with Gasteiger partial charge in [0.1, 0.15) is 5.75 Å². The third-order valence-corrected chi connectivity index (χ3v) is 3.25. The Bertz CT molecular complexity index is 680. The van der Waals surface area contributed by atoms with Crippen molar-refractivity contribution in [3.63, 3.8) is 0 Å². The van der Waals surface area contributed by atoms with Crippen LogP contribution in [0.2, 0.25) is 0 Å². The molecule has 6 nitrogen and oxygen atoms in total. The molecule has 3 N–H and O–H groups in total. The molecule has 116 valence electrons. The number of carbonyl (C=O) groups excluding carboxylic acids is 1. The van der Waals surface area contributed by atoms with Crippen molar-refractivity contribution in [1.82, 2.24) is 4.68 Å². The Balaban J connectivity index is 2.36. The predicted molar refractivity (Wildman–Crippen MR) is 85.9 cm³/mol. The van der Waals surface area contributed by atoms with Gasteiger partial charge in [-0.2, -0.15) is 0 Å². The van der Waals surface area contributed by atoms with Gasteiger partial charge in [0.2, 0.25) is 0 Å². The number of aliphatic carboxylic acids is 1. The van der Waals surface area contributed by atoms with E-state index in [-0.39, 0.29) is 11.5 Å². The van der Waals surface area contributed by atoms with Crippen LogP contribution in [0.15, 0.2) is 36.4 Å². The maximum absolute atomic E-state index is 10.6. The number of hydrogen-bond acceptors (Lipinski definition) is 4. The zero-order valence-electron chi connectivity index (χ0n) is 12.0. The van der Waals surface area contributed by atoms with Crippen molar-refractivity contribution in [3.05, 3.63) is 42.1 Å². The average Bonchev–Trinajstić information content (AvgIpc) is 2.87. The molecular weight excluding hydrogens is 302 g/mol. The quantitative estimate of drug-likeness (QED) is 0.759. The fraction of sp³-hybridized carbons (Fsp3) is 0.200. The summed E-state index contributed by atoms with van der Waals surface area (Å²) < 4.78 is 6.82. The summed E-state index contributed by atoms with van der Waals surface area (Å²) in [5, 5.41) is 10.7. The third kappa shape index (κ3) is 3.76. The van der Waals surface area contributed by atoms with Crippen molar-refractivity contribution in [2.75, 3.05) is 12.5 Å². The molecule has 0 aliphatic rings. The first-order valence-corrected chi connectivity index (χ1v) is 7.03. The van der Waals surface area contributed by atoms with E-state index < -0.39 is 5.97 Å². The minimum Gasteiger partial charge on any atom is -0.550 e. The van der Waals surface area contributed by atoms with Gasteiger partial charge >= 0.3 is 0 Å². The molecule has 0 amide bonds. The Morgan fingerprint density at radius 2 is 2.00 bits per heavy atom. The number of carboxylic acid groups (broad SMARTS) is 1. The molecule has 0 fully saturated rings. The summed E-state index contributed by atoms with van der Waals surface area (Å²) >= 11 is 4.89. The predicted octanol–water partition coefficient (Wildman–Crippen LogP) is 0.633. The van der Waals surface area contributed by atoms with E-state index in [0.717, 1.165) is 22.7 Å².